The number of halogens is 4. The molecule has 0 spiro atoms. The third-order valence-corrected chi connectivity index (χ3v) is 4.00. The van der Waals surface area contributed by atoms with E-state index in [0.29, 0.717) is 31.6 Å². The van der Waals surface area contributed by atoms with Gasteiger partial charge in [-0.2, -0.15) is 0 Å². The number of nitrogens with zero attached hydrogens (tertiary/aromatic N) is 1. The van der Waals surface area contributed by atoms with Crippen LogP contribution in [0.3, 0.4) is 0 Å². The second-order valence-electron chi connectivity index (χ2n) is 5.38. The molecule has 3 nitrogen and oxygen atoms in total. The number of rotatable bonds is 4. The Morgan fingerprint density at radius 2 is 1.68 bits per heavy atom. The Labute approximate surface area is 124 Å². The monoisotopic (exact) mass is 316 g/mol. The molecule has 0 radical (unpaired) electrons. The summed E-state index contributed by atoms with van der Waals surface area (Å²) in [6.45, 7) is 3.87. The molecule has 22 heavy (non-hydrogen) atoms. The SMILES string of the molecule is Fc1c(F)c(F)c2c(CCCN3CCOCC3)c[nH]c2c1F. The van der Waals surface area contributed by atoms with Crippen molar-refractivity contribution in [2.75, 3.05) is 32.8 Å². The highest BCUT2D eigenvalue weighted by Crippen LogP contribution is 2.29. The number of hydrogen-bond donors (Lipinski definition) is 1. The molecule has 1 aromatic carbocycles. The molecule has 1 aliphatic rings. The van der Waals surface area contributed by atoms with Gasteiger partial charge in [0.05, 0.1) is 18.7 Å². The minimum atomic E-state index is -1.79. The van der Waals surface area contributed by atoms with Gasteiger partial charge in [-0.25, -0.2) is 17.6 Å². The van der Waals surface area contributed by atoms with Crippen LogP contribution in [0.4, 0.5) is 17.6 Å². The van der Waals surface area contributed by atoms with Crippen molar-refractivity contribution in [2.45, 2.75) is 12.8 Å². The fourth-order valence-corrected chi connectivity index (χ4v) is 2.82. The molecule has 120 valence electrons. The Morgan fingerprint density at radius 3 is 2.41 bits per heavy atom. The lowest BCUT2D eigenvalue weighted by atomic mass is 10.1. The second-order valence-corrected chi connectivity index (χ2v) is 5.38. The largest absolute Gasteiger partial charge is 0.379 e. The Balaban J connectivity index is 1.77. The van der Waals surface area contributed by atoms with E-state index < -0.39 is 23.3 Å². The van der Waals surface area contributed by atoms with E-state index in [-0.39, 0.29) is 10.9 Å². The summed E-state index contributed by atoms with van der Waals surface area (Å²) in [6, 6.07) is 0. The first kappa shape index (κ1) is 15.3. The summed E-state index contributed by atoms with van der Waals surface area (Å²) in [7, 11) is 0. The quantitative estimate of drug-likeness (QED) is 0.534. The van der Waals surface area contributed by atoms with Crippen LogP contribution in [0.1, 0.15) is 12.0 Å². The standard InChI is InChI=1S/C15H16F4N2O/c16-11-10-9(2-1-3-21-4-6-22-7-5-21)8-20-15(10)14(19)13(18)12(11)17/h8,20H,1-7H2. The molecular formula is C15H16F4N2O. The van der Waals surface area contributed by atoms with E-state index in [4.69, 9.17) is 4.74 Å². The number of fused-ring (bicyclic) bond motifs is 1. The van der Waals surface area contributed by atoms with E-state index in [1.807, 2.05) is 0 Å². The fourth-order valence-electron chi connectivity index (χ4n) is 2.82. The van der Waals surface area contributed by atoms with Gasteiger partial charge >= 0.3 is 0 Å². The van der Waals surface area contributed by atoms with Gasteiger partial charge in [0, 0.05) is 24.7 Å². The first-order valence-corrected chi connectivity index (χ1v) is 7.21. The number of aromatic nitrogens is 1. The van der Waals surface area contributed by atoms with Crippen molar-refractivity contribution in [2.24, 2.45) is 0 Å². The lowest BCUT2D eigenvalue weighted by Crippen LogP contribution is -2.36. The lowest BCUT2D eigenvalue weighted by molar-refractivity contribution is 0.0375. The molecule has 0 unspecified atom stereocenters. The van der Waals surface area contributed by atoms with Gasteiger partial charge in [0.15, 0.2) is 23.3 Å². The number of benzene rings is 1. The molecule has 1 saturated heterocycles. The summed E-state index contributed by atoms with van der Waals surface area (Å²) in [6.07, 6.45) is 2.58. The van der Waals surface area contributed by atoms with E-state index in [0.717, 1.165) is 19.6 Å². The Morgan fingerprint density at radius 1 is 1.00 bits per heavy atom. The molecule has 0 bridgehead atoms. The first-order valence-electron chi connectivity index (χ1n) is 7.21. The Hall–Kier alpha value is -1.60. The second kappa shape index (κ2) is 6.26. The molecule has 1 N–H and O–H groups in total. The van der Waals surface area contributed by atoms with Gasteiger partial charge in [-0.05, 0) is 24.9 Å². The Bertz CT molecular complexity index is 680. The van der Waals surface area contributed by atoms with Gasteiger partial charge in [-0.3, -0.25) is 4.90 Å². The highest BCUT2D eigenvalue weighted by atomic mass is 19.2. The van der Waals surface area contributed by atoms with Gasteiger partial charge in [0.2, 0.25) is 0 Å². The summed E-state index contributed by atoms with van der Waals surface area (Å²) < 4.78 is 59.3. The Kier molecular flexibility index (Phi) is 4.35. The van der Waals surface area contributed by atoms with Gasteiger partial charge in [-0.15, -0.1) is 0 Å². The summed E-state index contributed by atoms with van der Waals surface area (Å²) in [5.41, 5.74) is 0.135. The average Bonchev–Trinajstić information content (AvgIpc) is 2.96. The summed E-state index contributed by atoms with van der Waals surface area (Å²) >= 11 is 0. The van der Waals surface area contributed by atoms with Crippen LogP contribution in [0, 0.1) is 23.3 Å². The van der Waals surface area contributed by atoms with E-state index in [1.54, 1.807) is 0 Å². The van der Waals surface area contributed by atoms with E-state index >= 15 is 0 Å². The van der Waals surface area contributed by atoms with Crippen molar-refractivity contribution in [3.8, 4) is 0 Å². The van der Waals surface area contributed by atoms with Crippen molar-refractivity contribution < 1.29 is 22.3 Å². The van der Waals surface area contributed by atoms with Crippen molar-refractivity contribution in [1.82, 2.24) is 9.88 Å². The van der Waals surface area contributed by atoms with Crippen LogP contribution < -0.4 is 0 Å². The van der Waals surface area contributed by atoms with Gasteiger partial charge in [0.1, 0.15) is 0 Å². The van der Waals surface area contributed by atoms with Gasteiger partial charge in [0.25, 0.3) is 0 Å². The van der Waals surface area contributed by atoms with Crippen molar-refractivity contribution in [3.05, 3.63) is 35.0 Å². The molecule has 1 aromatic heterocycles. The normalized spacial score (nSPS) is 16.5. The lowest BCUT2D eigenvalue weighted by Gasteiger charge is -2.26. The molecule has 0 atom stereocenters. The molecule has 2 aromatic rings. The summed E-state index contributed by atoms with van der Waals surface area (Å²) in [4.78, 5) is 4.72. The molecular weight excluding hydrogens is 300 g/mol. The highest BCUT2D eigenvalue weighted by Gasteiger charge is 2.23. The van der Waals surface area contributed by atoms with Crippen LogP contribution in [-0.4, -0.2) is 42.7 Å². The molecule has 1 aliphatic heterocycles. The van der Waals surface area contributed by atoms with Gasteiger partial charge < -0.3 is 9.72 Å². The zero-order chi connectivity index (χ0) is 15.7. The van der Waals surface area contributed by atoms with Gasteiger partial charge in [-0.1, -0.05) is 0 Å². The maximum atomic E-state index is 13.9. The topological polar surface area (TPSA) is 28.3 Å². The smallest absolute Gasteiger partial charge is 0.199 e. The first-order chi connectivity index (χ1) is 10.6. The summed E-state index contributed by atoms with van der Waals surface area (Å²) in [5.74, 6) is -6.27. The zero-order valence-corrected chi connectivity index (χ0v) is 11.9. The summed E-state index contributed by atoms with van der Waals surface area (Å²) in [5, 5.41) is -0.196. The van der Waals surface area contributed by atoms with Crippen molar-refractivity contribution in [3.63, 3.8) is 0 Å². The van der Waals surface area contributed by atoms with E-state index in [2.05, 4.69) is 9.88 Å². The number of hydrogen-bond acceptors (Lipinski definition) is 2. The van der Waals surface area contributed by atoms with Crippen LogP contribution in [0.15, 0.2) is 6.20 Å². The van der Waals surface area contributed by atoms with E-state index in [9.17, 15) is 17.6 Å². The maximum absolute atomic E-state index is 13.9. The molecule has 0 aliphatic carbocycles. The maximum Gasteiger partial charge on any atom is 0.199 e. The number of H-pyrrole nitrogens is 1. The molecule has 1 fully saturated rings. The van der Waals surface area contributed by atoms with Crippen LogP contribution in [0.5, 0.6) is 0 Å². The van der Waals surface area contributed by atoms with E-state index in [1.165, 1.54) is 6.20 Å². The van der Waals surface area contributed by atoms with Crippen LogP contribution in [0.25, 0.3) is 10.9 Å². The van der Waals surface area contributed by atoms with Crippen LogP contribution >= 0.6 is 0 Å². The molecule has 2 heterocycles. The number of nitrogens with one attached hydrogen (secondary N) is 1. The predicted octanol–water partition coefficient (Wildman–Crippen LogP) is 2.99. The molecule has 0 saturated carbocycles. The fraction of sp³-hybridized carbons (Fsp3) is 0.467. The molecule has 0 amide bonds. The average molecular weight is 316 g/mol. The third kappa shape index (κ3) is 2.70. The predicted molar refractivity (Wildman–Crippen MR) is 73.7 cm³/mol. The minimum Gasteiger partial charge on any atom is -0.379 e. The van der Waals surface area contributed by atoms with Crippen LogP contribution in [0.2, 0.25) is 0 Å². The number of morpholine rings is 1. The zero-order valence-electron chi connectivity index (χ0n) is 11.9. The number of ether oxygens (including phenoxy) is 1. The van der Waals surface area contributed by atoms with Crippen molar-refractivity contribution in [1.29, 1.82) is 0 Å². The number of aromatic amines is 1. The van der Waals surface area contributed by atoms with Crippen molar-refractivity contribution >= 4 is 10.9 Å². The third-order valence-electron chi connectivity index (χ3n) is 4.00. The minimum absolute atomic E-state index is 0.196. The number of aryl methyl sites for hydroxylation is 1. The molecule has 3 rings (SSSR count). The highest BCUT2D eigenvalue weighted by molar-refractivity contribution is 5.84. The van der Waals surface area contributed by atoms with Crippen LogP contribution in [-0.2, 0) is 11.2 Å². The molecule has 7 heteroatoms.